The molecular weight excluding hydrogens is 296 g/mol. The van der Waals surface area contributed by atoms with Crippen molar-refractivity contribution in [1.82, 2.24) is 9.97 Å². The van der Waals surface area contributed by atoms with Crippen molar-refractivity contribution in [3.05, 3.63) is 34.6 Å². The highest BCUT2D eigenvalue weighted by molar-refractivity contribution is 7.20. The molecule has 3 heterocycles. The third kappa shape index (κ3) is 1.67. The Kier molecular flexibility index (Phi) is 2.58. The maximum atomic E-state index is 6.14. The molecule has 0 spiro atoms. The molecule has 3 aromatic rings. The number of aryl methyl sites for hydroxylation is 1. The number of thiophene rings is 1. The Morgan fingerprint density at radius 3 is 2.95 bits per heavy atom. The predicted octanol–water partition coefficient (Wildman–Crippen LogP) is 4.05. The van der Waals surface area contributed by atoms with Crippen LogP contribution < -0.4 is 9.47 Å². The van der Waals surface area contributed by atoms with Crippen LogP contribution in [0.15, 0.2) is 24.5 Å². The second-order valence-electron chi connectivity index (χ2n) is 4.44. The molecule has 0 radical (unpaired) electrons. The van der Waals surface area contributed by atoms with Gasteiger partial charge in [-0.25, -0.2) is 9.97 Å². The van der Waals surface area contributed by atoms with Gasteiger partial charge in [0.2, 0.25) is 6.79 Å². The average Bonchev–Trinajstić information content (AvgIpc) is 3.02. The van der Waals surface area contributed by atoms with Gasteiger partial charge in [-0.05, 0) is 24.6 Å². The third-order valence-electron chi connectivity index (χ3n) is 3.27. The molecule has 0 N–H and O–H groups in total. The number of rotatable bonds is 1. The summed E-state index contributed by atoms with van der Waals surface area (Å²) in [6.45, 7) is 2.33. The molecule has 4 nitrogen and oxygen atoms in total. The number of hydrogen-bond donors (Lipinski definition) is 0. The number of fused-ring (bicyclic) bond motifs is 2. The van der Waals surface area contributed by atoms with E-state index < -0.39 is 0 Å². The largest absolute Gasteiger partial charge is 0.454 e. The summed E-state index contributed by atoms with van der Waals surface area (Å²) in [6, 6.07) is 5.91. The van der Waals surface area contributed by atoms with Crippen molar-refractivity contribution >= 4 is 33.2 Å². The van der Waals surface area contributed by atoms with Crippen LogP contribution in [0.25, 0.3) is 21.3 Å². The van der Waals surface area contributed by atoms with E-state index in [-0.39, 0.29) is 6.79 Å². The van der Waals surface area contributed by atoms with E-state index in [2.05, 4.69) is 16.9 Å². The Bertz CT molecular complexity index is 831. The third-order valence-corrected chi connectivity index (χ3v) is 4.77. The molecule has 1 aromatic carbocycles. The molecule has 4 rings (SSSR count). The minimum absolute atomic E-state index is 0.274. The van der Waals surface area contributed by atoms with Crippen molar-refractivity contribution in [3.8, 4) is 22.6 Å². The molecule has 2 aromatic heterocycles. The first-order chi connectivity index (χ1) is 9.74. The molecule has 0 atom stereocenters. The summed E-state index contributed by atoms with van der Waals surface area (Å²) in [4.78, 5) is 9.56. The predicted molar refractivity (Wildman–Crippen MR) is 78.7 cm³/mol. The summed E-state index contributed by atoms with van der Waals surface area (Å²) in [7, 11) is 0. The van der Waals surface area contributed by atoms with Crippen LogP contribution >= 0.6 is 22.9 Å². The molecule has 0 aliphatic carbocycles. The lowest BCUT2D eigenvalue weighted by molar-refractivity contribution is 0.174. The molecule has 0 bridgehead atoms. The molecule has 6 heteroatoms. The van der Waals surface area contributed by atoms with E-state index in [9.17, 15) is 0 Å². The summed E-state index contributed by atoms with van der Waals surface area (Å²) in [5, 5.41) is 0.495. The van der Waals surface area contributed by atoms with Crippen LogP contribution in [0.1, 0.15) is 4.88 Å². The van der Waals surface area contributed by atoms with Crippen LogP contribution in [-0.4, -0.2) is 16.8 Å². The number of ether oxygens (including phenoxy) is 2. The number of aromatic nitrogens is 2. The Morgan fingerprint density at radius 2 is 2.05 bits per heavy atom. The molecule has 1 aliphatic heterocycles. The molecule has 0 unspecified atom stereocenters. The van der Waals surface area contributed by atoms with Crippen molar-refractivity contribution in [2.45, 2.75) is 6.92 Å². The first-order valence-corrected chi connectivity index (χ1v) is 7.23. The van der Waals surface area contributed by atoms with E-state index in [1.807, 2.05) is 18.2 Å². The Morgan fingerprint density at radius 1 is 1.20 bits per heavy atom. The van der Waals surface area contributed by atoms with E-state index >= 15 is 0 Å². The molecule has 1 aliphatic rings. The summed E-state index contributed by atoms with van der Waals surface area (Å²) in [5.74, 6) is 1.54. The zero-order chi connectivity index (χ0) is 13.7. The van der Waals surface area contributed by atoms with E-state index in [1.165, 1.54) is 6.33 Å². The van der Waals surface area contributed by atoms with Gasteiger partial charge < -0.3 is 9.47 Å². The Labute approximate surface area is 124 Å². The second-order valence-corrected chi connectivity index (χ2v) is 6.03. The molecule has 20 heavy (non-hydrogen) atoms. The highest BCUT2D eigenvalue weighted by Crippen LogP contribution is 2.42. The Hall–Kier alpha value is -1.85. The molecule has 100 valence electrons. The standard InChI is InChI=1S/C14H9ClN2O2S/c1-7-11(12-13(20-7)14(15)17-5-16-12)8-2-3-9-10(4-8)19-6-18-9/h2-5H,6H2,1H3. The molecule has 0 fully saturated rings. The van der Waals surface area contributed by atoms with E-state index in [4.69, 9.17) is 21.1 Å². The van der Waals surface area contributed by atoms with Gasteiger partial charge in [0.1, 0.15) is 11.5 Å². The zero-order valence-corrected chi connectivity index (χ0v) is 12.1. The maximum absolute atomic E-state index is 6.14. The number of benzene rings is 1. The van der Waals surface area contributed by atoms with Crippen LogP contribution in [-0.2, 0) is 0 Å². The lowest BCUT2D eigenvalue weighted by Crippen LogP contribution is -1.92. The normalized spacial score (nSPS) is 13.1. The summed E-state index contributed by atoms with van der Waals surface area (Å²) in [6.07, 6.45) is 1.49. The maximum Gasteiger partial charge on any atom is 0.231 e. The number of hydrogen-bond acceptors (Lipinski definition) is 5. The van der Waals surface area contributed by atoms with Crippen LogP contribution in [0.2, 0.25) is 5.15 Å². The summed E-state index contributed by atoms with van der Waals surface area (Å²) < 4.78 is 11.7. The number of halogens is 1. The van der Waals surface area contributed by atoms with E-state index in [1.54, 1.807) is 11.3 Å². The minimum atomic E-state index is 0.274. The molecule has 0 amide bonds. The monoisotopic (exact) mass is 304 g/mol. The zero-order valence-electron chi connectivity index (χ0n) is 10.5. The quantitative estimate of drug-likeness (QED) is 0.636. The smallest absolute Gasteiger partial charge is 0.231 e. The molecular formula is C14H9ClN2O2S. The first-order valence-electron chi connectivity index (χ1n) is 6.03. The lowest BCUT2D eigenvalue weighted by Gasteiger charge is -2.03. The molecule has 0 saturated carbocycles. The number of nitrogens with zero attached hydrogens (tertiary/aromatic N) is 2. The topological polar surface area (TPSA) is 44.2 Å². The van der Waals surface area contributed by atoms with Gasteiger partial charge in [0.15, 0.2) is 11.5 Å². The fourth-order valence-corrected chi connectivity index (χ4v) is 3.64. The summed E-state index contributed by atoms with van der Waals surface area (Å²) in [5.41, 5.74) is 3.01. The van der Waals surface area contributed by atoms with Crippen molar-refractivity contribution in [2.24, 2.45) is 0 Å². The van der Waals surface area contributed by atoms with Gasteiger partial charge in [0, 0.05) is 10.4 Å². The van der Waals surface area contributed by atoms with Crippen LogP contribution in [0.5, 0.6) is 11.5 Å². The van der Waals surface area contributed by atoms with Gasteiger partial charge in [-0.3, -0.25) is 0 Å². The van der Waals surface area contributed by atoms with Gasteiger partial charge >= 0.3 is 0 Å². The summed E-state index contributed by atoms with van der Waals surface area (Å²) >= 11 is 7.74. The minimum Gasteiger partial charge on any atom is -0.454 e. The van der Waals surface area contributed by atoms with Gasteiger partial charge in [0.25, 0.3) is 0 Å². The fourth-order valence-electron chi connectivity index (χ4n) is 2.38. The lowest BCUT2D eigenvalue weighted by atomic mass is 10.0. The van der Waals surface area contributed by atoms with Crippen molar-refractivity contribution < 1.29 is 9.47 Å². The van der Waals surface area contributed by atoms with Crippen LogP contribution in [0.3, 0.4) is 0 Å². The van der Waals surface area contributed by atoms with Crippen LogP contribution in [0.4, 0.5) is 0 Å². The SMILES string of the molecule is Cc1sc2c(Cl)ncnc2c1-c1ccc2c(c1)OCO2. The van der Waals surface area contributed by atoms with Gasteiger partial charge in [-0.1, -0.05) is 17.7 Å². The van der Waals surface area contributed by atoms with Crippen molar-refractivity contribution in [2.75, 3.05) is 6.79 Å². The fraction of sp³-hybridized carbons (Fsp3) is 0.143. The average molecular weight is 305 g/mol. The Balaban J connectivity index is 1.98. The van der Waals surface area contributed by atoms with Crippen molar-refractivity contribution in [3.63, 3.8) is 0 Å². The highest BCUT2D eigenvalue weighted by Gasteiger charge is 2.19. The van der Waals surface area contributed by atoms with E-state index in [0.717, 1.165) is 37.7 Å². The van der Waals surface area contributed by atoms with Gasteiger partial charge in [-0.15, -0.1) is 11.3 Å². The van der Waals surface area contributed by atoms with Gasteiger partial charge in [0.05, 0.1) is 10.2 Å². The van der Waals surface area contributed by atoms with Crippen molar-refractivity contribution in [1.29, 1.82) is 0 Å². The first kappa shape index (κ1) is 11.9. The highest BCUT2D eigenvalue weighted by atomic mass is 35.5. The van der Waals surface area contributed by atoms with E-state index in [0.29, 0.717) is 5.15 Å². The second kappa shape index (κ2) is 4.33. The van der Waals surface area contributed by atoms with Gasteiger partial charge in [-0.2, -0.15) is 0 Å². The molecule has 0 saturated heterocycles. The van der Waals surface area contributed by atoms with Crippen LogP contribution in [0, 0.1) is 6.92 Å².